The number of carbonyl (C=O) groups is 1. The molecule has 0 aromatic heterocycles. The van der Waals surface area contributed by atoms with Gasteiger partial charge in [-0.25, -0.2) is 0 Å². The molecule has 1 N–H and O–H groups in total. The van der Waals surface area contributed by atoms with Gasteiger partial charge in [0.15, 0.2) is 0 Å². The summed E-state index contributed by atoms with van der Waals surface area (Å²) in [6.07, 6.45) is 0. The van der Waals surface area contributed by atoms with Crippen LogP contribution >= 0.6 is 0 Å². The van der Waals surface area contributed by atoms with Crippen molar-refractivity contribution in [1.82, 2.24) is 5.32 Å². The maximum absolute atomic E-state index is 13.1. The average Bonchev–Trinajstić information content (AvgIpc) is 3.70. The van der Waals surface area contributed by atoms with Crippen molar-refractivity contribution in [2.45, 2.75) is 44.1 Å². The highest BCUT2D eigenvalue weighted by atomic mass is 16.5. The van der Waals surface area contributed by atoms with Gasteiger partial charge in [-0.1, -0.05) is 184 Å². The molecule has 0 bridgehead atoms. The van der Waals surface area contributed by atoms with Crippen molar-refractivity contribution in [1.29, 1.82) is 0 Å². The van der Waals surface area contributed by atoms with Crippen LogP contribution in [0.1, 0.15) is 47.2 Å². The number of nitrogens with zero attached hydrogens (tertiary/aromatic N) is 4. The van der Waals surface area contributed by atoms with Gasteiger partial charge >= 0.3 is 5.97 Å². The minimum absolute atomic E-state index is 0.0551. The first-order chi connectivity index (χ1) is 25.5. The Kier molecular flexibility index (Phi) is 10.2. The fourth-order valence-electron chi connectivity index (χ4n) is 7.30. The SMILES string of the molecule is CC(C)[C@H](NCc1ccc(-c2ccccc2C2(C(c3ccccc3)(c3ccccc3)c3ccccc3)N=NN=N2)cc1)C(=O)OCc1ccccc1. The highest BCUT2D eigenvalue weighted by Gasteiger charge is 2.60. The minimum atomic E-state index is -1.28. The van der Waals surface area contributed by atoms with Crippen LogP contribution in [0.2, 0.25) is 0 Å². The zero-order valence-electron chi connectivity index (χ0n) is 29.3. The van der Waals surface area contributed by atoms with E-state index < -0.39 is 17.1 Å². The minimum Gasteiger partial charge on any atom is -0.460 e. The molecule has 0 saturated heterocycles. The van der Waals surface area contributed by atoms with Gasteiger partial charge in [-0.3, -0.25) is 4.79 Å². The zero-order chi connectivity index (χ0) is 35.8. The van der Waals surface area contributed by atoms with Gasteiger partial charge in [-0.05, 0) is 55.3 Å². The first-order valence-electron chi connectivity index (χ1n) is 17.7. The molecule has 1 aliphatic rings. The molecule has 1 atom stereocenters. The molecule has 0 amide bonds. The molecule has 0 unspecified atom stereocenters. The Balaban J connectivity index is 1.25. The summed E-state index contributed by atoms with van der Waals surface area (Å²) in [5.41, 5.74) is 5.71. The van der Waals surface area contributed by atoms with Crippen LogP contribution in [0, 0.1) is 5.92 Å². The lowest BCUT2D eigenvalue weighted by Crippen LogP contribution is -2.48. The highest BCUT2D eigenvalue weighted by molar-refractivity contribution is 5.76. The smallest absolute Gasteiger partial charge is 0.323 e. The Hall–Kier alpha value is -6.05. The van der Waals surface area contributed by atoms with Crippen molar-refractivity contribution < 1.29 is 9.53 Å². The number of benzene rings is 6. The second-order valence-electron chi connectivity index (χ2n) is 13.3. The van der Waals surface area contributed by atoms with Crippen LogP contribution in [0.3, 0.4) is 0 Å². The highest BCUT2D eigenvalue weighted by Crippen LogP contribution is 2.58. The van der Waals surface area contributed by atoms with Crippen LogP contribution in [0.5, 0.6) is 0 Å². The Morgan fingerprint density at radius 2 is 1.10 bits per heavy atom. The largest absolute Gasteiger partial charge is 0.460 e. The summed E-state index contributed by atoms with van der Waals surface area (Å²) in [7, 11) is 0. The monoisotopic (exact) mass is 683 g/mol. The van der Waals surface area contributed by atoms with E-state index in [1.165, 1.54) is 0 Å². The average molecular weight is 684 g/mol. The lowest BCUT2D eigenvalue weighted by atomic mass is 9.59. The standard InChI is InChI=1S/C45H41N5O2/c1-33(2)42(43(51)52-32-35-17-7-3-8-18-35)46-31-34-27-29-36(30-28-34)40-25-15-16-26-41(40)45(47-49-50-48-45)44(37-19-9-4-10-20-37,38-21-11-5-12-22-38)39-23-13-6-14-24-39/h3-30,33,42,46H,31-32H2,1-2H3/t42-/m0/s1. The van der Waals surface area contributed by atoms with Crippen molar-refractivity contribution in [3.63, 3.8) is 0 Å². The van der Waals surface area contributed by atoms with E-state index in [1.54, 1.807) is 0 Å². The molecule has 0 fully saturated rings. The van der Waals surface area contributed by atoms with E-state index in [0.717, 1.165) is 44.5 Å². The first-order valence-corrected chi connectivity index (χ1v) is 17.7. The van der Waals surface area contributed by atoms with Crippen LogP contribution < -0.4 is 5.32 Å². The number of nitrogens with one attached hydrogen (secondary N) is 1. The van der Waals surface area contributed by atoms with Gasteiger partial charge < -0.3 is 10.1 Å². The normalized spacial score (nSPS) is 14.0. The molecule has 7 heteroatoms. The van der Waals surface area contributed by atoms with E-state index in [4.69, 9.17) is 15.0 Å². The quantitative estimate of drug-likeness (QED) is 0.0971. The van der Waals surface area contributed by atoms with Crippen molar-refractivity contribution >= 4 is 5.97 Å². The molecule has 0 saturated carbocycles. The van der Waals surface area contributed by atoms with Crippen LogP contribution in [-0.4, -0.2) is 12.0 Å². The molecule has 6 aromatic rings. The van der Waals surface area contributed by atoms with Gasteiger partial charge in [0.25, 0.3) is 0 Å². The Bertz CT molecular complexity index is 2030. The molecule has 52 heavy (non-hydrogen) atoms. The van der Waals surface area contributed by atoms with Crippen molar-refractivity contribution in [2.24, 2.45) is 26.6 Å². The summed E-state index contributed by atoms with van der Waals surface area (Å²) >= 11 is 0. The summed E-state index contributed by atoms with van der Waals surface area (Å²) in [5.74, 6) is -0.201. The first kappa shape index (κ1) is 34.4. The lowest BCUT2D eigenvalue weighted by Gasteiger charge is -2.45. The Morgan fingerprint density at radius 3 is 1.62 bits per heavy atom. The van der Waals surface area contributed by atoms with Crippen LogP contribution in [0.25, 0.3) is 11.1 Å². The molecular formula is C45H41N5O2. The summed E-state index contributed by atoms with van der Waals surface area (Å²) < 4.78 is 5.68. The van der Waals surface area contributed by atoms with Gasteiger partial charge in [0, 0.05) is 12.1 Å². The van der Waals surface area contributed by atoms with Crippen LogP contribution in [0.15, 0.2) is 191 Å². The molecular weight excluding hydrogens is 643 g/mol. The molecule has 0 aliphatic carbocycles. The summed E-state index contributed by atoms with van der Waals surface area (Å²) in [6, 6.07) is 57.2. The number of esters is 1. The number of carbonyl (C=O) groups excluding carboxylic acids is 1. The molecule has 7 nitrogen and oxygen atoms in total. The fraction of sp³-hybridized carbons (Fsp3) is 0.178. The van der Waals surface area contributed by atoms with E-state index >= 15 is 0 Å². The molecule has 1 heterocycles. The Morgan fingerprint density at radius 1 is 0.615 bits per heavy atom. The second kappa shape index (κ2) is 15.5. The van der Waals surface area contributed by atoms with Crippen LogP contribution in [-0.2, 0) is 33.8 Å². The molecule has 6 aromatic carbocycles. The summed E-state index contributed by atoms with van der Waals surface area (Å²) in [5, 5.41) is 21.9. The van der Waals surface area contributed by atoms with Gasteiger partial charge in [-0.15, -0.1) is 10.2 Å². The topological polar surface area (TPSA) is 87.8 Å². The van der Waals surface area contributed by atoms with E-state index in [-0.39, 0.29) is 18.5 Å². The molecule has 7 rings (SSSR count). The predicted molar refractivity (Wildman–Crippen MR) is 204 cm³/mol. The molecule has 1 aliphatic heterocycles. The number of ether oxygens (including phenoxy) is 1. The summed E-state index contributed by atoms with van der Waals surface area (Å²) in [6.45, 7) is 4.81. The zero-order valence-corrected chi connectivity index (χ0v) is 29.3. The van der Waals surface area contributed by atoms with Crippen LogP contribution in [0.4, 0.5) is 0 Å². The third-order valence-corrected chi connectivity index (χ3v) is 9.80. The predicted octanol–water partition coefficient (Wildman–Crippen LogP) is 10.2. The van der Waals surface area contributed by atoms with Crippen molar-refractivity contribution in [3.8, 4) is 11.1 Å². The van der Waals surface area contributed by atoms with Gasteiger partial charge in [0.05, 0.1) is 5.41 Å². The fourth-order valence-corrected chi connectivity index (χ4v) is 7.30. The number of hydrogen-bond acceptors (Lipinski definition) is 7. The lowest BCUT2D eigenvalue weighted by molar-refractivity contribution is -0.148. The summed E-state index contributed by atoms with van der Waals surface area (Å²) in [4.78, 5) is 13.1. The van der Waals surface area contributed by atoms with Crippen molar-refractivity contribution in [3.05, 3.63) is 203 Å². The maximum Gasteiger partial charge on any atom is 0.323 e. The maximum atomic E-state index is 13.1. The van der Waals surface area contributed by atoms with E-state index in [0.29, 0.717) is 6.54 Å². The Labute approximate surface area is 305 Å². The number of hydrogen-bond donors (Lipinski definition) is 1. The van der Waals surface area contributed by atoms with E-state index in [1.807, 2.05) is 74.5 Å². The molecule has 0 radical (unpaired) electrons. The van der Waals surface area contributed by atoms with Gasteiger partial charge in [0.2, 0.25) is 5.66 Å². The third-order valence-electron chi connectivity index (χ3n) is 9.80. The van der Waals surface area contributed by atoms with E-state index in [2.05, 4.69) is 125 Å². The third kappa shape index (κ3) is 6.59. The second-order valence-corrected chi connectivity index (χ2v) is 13.3. The number of rotatable bonds is 13. The van der Waals surface area contributed by atoms with Gasteiger partial charge in [-0.2, -0.15) is 0 Å². The molecule has 0 spiro atoms. The van der Waals surface area contributed by atoms with Gasteiger partial charge in [0.1, 0.15) is 12.6 Å². The molecule has 258 valence electrons. The van der Waals surface area contributed by atoms with E-state index in [9.17, 15) is 4.79 Å². The van der Waals surface area contributed by atoms with Crippen molar-refractivity contribution in [2.75, 3.05) is 0 Å².